The molecule has 0 spiro atoms. The Balaban J connectivity index is 1.45. The molecular weight excluding hydrogens is 547 g/mol. The third kappa shape index (κ3) is 7.57. The standard InChI is InChI=1S/C28H20Cl2N2O3S2/c29-23-10-9-20(14-24(23)30)26(33)17-37-22-8-4-7-21(15-22)31-28(35)25(13-18-11-12-36-16-18)32-27(34)19-5-2-1-3-6-19/h1-16H,17H2,(H,31,35)(H,32,34)/b25-13-. The molecule has 2 N–H and O–H groups in total. The highest BCUT2D eigenvalue weighted by molar-refractivity contribution is 8.00. The van der Waals surface area contributed by atoms with Crippen molar-refractivity contribution in [1.82, 2.24) is 5.32 Å². The molecule has 0 unspecified atom stereocenters. The summed E-state index contributed by atoms with van der Waals surface area (Å²) in [7, 11) is 0. The van der Waals surface area contributed by atoms with E-state index < -0.39 is 5.91 Å². The molecule has 5 nitrogen and oxygen atoms in total. The number of Topliss-reactive ketones (excluding diaryl/α,β-unsaturated/α-hetero) is 1. The van der Waals surface area contributed by atoms with Crippen molar-refractivity contribution in [2.24, 2.45) is 0 Å². The number of benzene rings is 3. The van der Waals surface area contributed by atoms with Crippen LogP contribution in [0.4, 0.5) is 5.69 Å². The van der Waals surface area contributed by atoms with Crippen LogP contribution in [0.3, 0.4) is 0 Å². The minimum atomic E-state index is -0.468. The first-order valence-electron chi connectivity index (χ1n) is 11.0. The first kappa shape index (κ1) is 26.7. The van der Waals surface area contributed by atoms with Gasteiger partial charge in [0.1, 0.15) is 5.70 Å². The van der Waals surface area contributed by atoms with Crippen LogP contribution in [0.15, 0.2) is 100 Å². The van der Waals surface area contributed by atoms with Crippen molar-refractivity contribution in [3.63, 3.8) is 0 Å². The predicted octanol–water partition coefficient (Wildman–Crippen LogP) is 7.44. The molecule has 0 aliphatic carbocycles. The van der Waals surface area contributed by atoms with Crippen molar-refractivity contribution in [2.75, 3.05) is 11.1 Å². The highest BCUT2D eigenvalue weighted by Gasteiger charge is 2.16. The van der Waals surface area contributed by atoms with E-state index in [2.05, 4.69) is 10.6 Å². The van der Waals surface area contributed by atoms with Crippen LogP contribution < -0.4 is 10.6 Å². The summed E-state index contributed by atoms with van der Waals surface area (Å²) in [6.07, 6.45) is 1.63. The normalized spacial score (nSPS) is 11.1. The van der Waals surface area contributed by atoms with E-state index in [1.54, 1.807) is 66.7 Å². The minimum Gasteiger partial charge on any atom is -0.321 e. The maximum Gasteiger partial charge on any atom is 0.272 e. The molecular formula is C28H20Cl2N2O3S2. The molecule has 0 saturated heterocycles. The molecule has 186 valence electrons. The van der Waals surface area contributed by atoms with E-state index in [9.17, 15) is 14.4 Å². The molecule has 2 amide bonds. The Labute approximate surface area is 232 Å². The lowest BCUT2D eigenvalue weighted by Gasteiger charge is -2.12. The number of halogens is 2. The van der Waals surface area contributed by atoms with Crippen molar-refractivity contribution >= 4 is 75.7 Å². The van der Waals surface area contributed by atoms with Gasteiger partial charge in [-0.3, -0.25) is 14.4 Å². The minimum absolute atomic E-state index is 0.0948. The SMILES string of the molecule is O=C(Nc1cccc(SCC(=O)c2ccc(Cl)c(Cl)c2)c1)/C(=C/c1ccsc1)NC(=O)c1ccccc1. The van der Waals surface area contributed by atoms with Crippen LogP contribution in [-0.4, -0.2) is 23.4 Å². The molecule has 0 fully saturated rings. The molecule has 0 saturated carbocycles. The van der Waals surface area contributed by atoms with Crippen LogP contribution in [0, 0.1) is 0 Å². The van der Waals surface area contributed by atoms with E-state index in [1.807, 2.05) is 29.0 Å². The molecule has 9 heteroatoms. The fraction of sp³-hybridized carbons (Fsp3) is 0.0357. The Morgan fingerprint density at radius 3 is 2.41 bits per heavy atom. The Morgan fingerprint density at radius 2 is 1.68 bits per heavy atom. The average Bonchev–Trinajstić information content (AvgIpc) is 3.42. The quantitative estimate of drug-likeness (QED) is 0.125. The third-order valence-electron chi connectivity index (χ3n) is 5.09. The number of thioether (sulfide) groups is 1. The fourth-order valence-corrected chi connectivity index (χ4v) is 5.00. The van der Waals surface area contributed by atoms with Gasteiger partial charge in [0, 0.05) is 21.7 Å². The molecule has 0 atom stereocenters. The monoisotopic (exact) mass is 566 g/mol. The number of amides is 2. The average molecular weight is 568 g/mol. The zero-order valence-electron chi connectivity index (χ0n) is 19.2. The molecule has 3 aromatic carbocycles. The van der Waals surface area contributed by atoms with Crippen LogP contribution in [0.2, 0.25) is 10.0 Å². The van der Waals surface area contributed by atoms with Crippen LogP contribution in [0.1, 0.15) is 26.3 Å². The molecule has 0 aliphatic rings. The Kier molecular flexibility index (Phi) is 9.19. The molecule has 4 rings (SSSR count). The van der Waals surface area contributed by atoms with Gasteiger partial charge in [0.15, 0.2) is 5.78 Å². The summed E-state index contributed by atoms with van der Waals surface area (Å²) in [5, 5.41) is 10.0. The number of ketones is 1. The summed E-state index contributed by atoms with van der Waals surface area (Å²) in [6.45, 7) is 0. The summed E-state index contributed by atoms with van der Waals surface area (Å²) >= 11 is 14.8. The maximum atomic E-state index is 13.2. The zero-order valence-corrected chi connectivity index (χ0v) is 22.4. The van der Waals surface area contributed by atoms with Gasteiger partial charge in [-0.1, -0.05) is 47.5 Å². The van der Waals surface area contributed by atoms with Gasteiger partial charge in [0.25, 0.3) is 11.8 Å². The third-order valence-corrected chi connectivity index (χ3v) is 7.52. The topological polar surface area (TPSA) is 75.3 Å². The molecule has 0 bridgehead atoms. The number of carbonyl (C=O) groups is 3. The van der Waals surface area contributed by atoms with E-state index in [1.165, 1.54) is 23.1 Å². The van der Waals surface area contributed by atoms with Crippen molar-refractivity contribution < 1.29 is 14.4 Å². The number of rotatable bonds is 9. The summed E-state index contributed by atoms with van der Waals surface area (Å²) in [5.74, 6) is -0.763. The number of carbonyl (C=O) groups excluding carboxylic acids is 3. The van der Waals surface area contributed by atoms with E-state index in [0.29, 0.717) is 26.9 Å². The predicted molar refractivity (Wildman–Crippen MR) is 153 cm³/mol. The second kappa shape index (κ2) is 12.7. The molecule has 1 heterocycles. The number of nitrogens with one attached hydrogen (secondary N) is 2. The number of thiophene rings is 1. The van der Waals surface area contributed by atoms with Crippen molar-refractivity contribution in [1.29, 1.82) is 0 Å². The number of hydrogen-bond donors (Lipinski definition) is 2. The van der Waals surface area contributed by atoms with Crippen LogP contribution in [0.5, 0.6) is 0 Å². The molecule has 0 radical (unpaired) electrons. The summed E-state index contributed by atoms with van der Waals surface area (Å²) in [4.78, 5) is 39.2. The van der Waals surface area contributed by atoms with Gasteiger partial charge in [-0.05, 0) is 77.0 Å². The van der Waals surface area contributed by atoms with Crippen molar-refractivity contribution in [3.05, 3.63) is 122 Å². The smallest absolute Gasteiger partial charge is 0.272 e. The van der Waals surface area contributed by atoms with E-state index in [4.69, 9.17) is 23.2 Å². The highest BCUT2D eigenvalue weighted by atomic mass is 35.5. The first-order chi connectivity index (χ1) is 17.9. The summed E-state index contributed by atoms with van der Waals surface area (Å²) < 4.78 is 0. The fourth-order valence-electron chi connectivity index (χ4n) is 3.23. The van der Waals surface area contributed by atoms with Crippen LogP contribution in [-0.2, 0) is 4.79 Å². The largest absolute Gasteiger partial charge is 0.321 e. The van der Waals surface area contributed by atoms with Gasteiger partial charge in [-0.25, -0.2) is 0 Å². The molecule has 1 aromatic heterocycles. The zero-order chi connectivity index (χ0) is 26.2. The van der Waals surface area contributed by atoms with Crippen LogP contribution in [0.25, 0.3) is 6.08 Å². The highest BCUT2D eigenvalue weighted by Crippen LogP contribution is 2.26. The van der Waals surface area contributed by atoms with E-state index in [-0.39, 0.29) is 23.1 Å². The summed E-state index contributed by atoms with van der Waals surface area (Å²) in [6, 6.07) is 22.5. The molecule has 0 aliphatic heterocycles. The van der Waals surface area contributed by atoms with E-state index in [0.717, 1.165) is 10.5 Å². The number of hydrogen-bond acceptors (Lipinski definition) is 5. The lowest BCUT2D eigenvalue weighted by molar-refractivity contribution is -0.113. The van der Waals surface area contributed by atoms with Gasteiger partial charge in [0.2, 0.25) is 0 Å². The Morgan fingerprint density at radius 1 is 0.865 bits per heavy atom. The van der Waals surface area contributed by atoms with Gasteiger partial charge in [-0.2, -0.15) is 11.3 Å². The maximum absolute atomic E-state index is 13.2. The summed E-state index contributed by atoms with van der Waals surface area (Å²) in [5.41, 5.74) is 2.36. The number of anilines is 1. The Hall–Kier alpha value is -3.36. The second-order valence-corrected chi connectivity index (χ2v) is 10.4. The lowest BCUT2D eigenvalue weighted by Crippen LogP contribution is -2.30. The van der Waals surface area contributed by atoms with Gasteiger partial charge >= 0.3 is 0 Å². The Bertz CT molecular complexity index is 1460. The van der Waals surface area contributed by atoms with Crippen molar-refractivity contribution in [3.8, 4) is 0 Å². The first-order valence-corrected chi connectivity index (χ1v) is 13.7. The van der Waals surface area contributed by atoms with Gasteiger partial charge < -0.3 is 10.6 Å². The van der Waals surface area contributed by atoms with Crippen molar-refractivity contribution in [2.45, 2.75) is 4.90 Å². The van der Waals surface area contributed by atoms with Gasteiger partial charge in [0.05, 0.1) is 15.8 Å². The van der Waals surface area contributed by atoms with Crippen LogP contribution >= 0.6 is 46.3 Å². The molecule has 4 aromatic rings. The van der Waals surface area contributed by atoms with E-state index >= 15 is 0 Å². The van der Waals surface area contributed by atoms with Gasteiger partial charge in [-0.15, -0.1) is 11.8 Å². The molecule has 37 heavy (non-hydrogen) atoms. The second-order valence-electron chi connectivity index (χ2n) is 7.76. The lowest BCUT2D eigenvalue weighted by atomic mass is 10.1.